The summed E-state index contributed by atoms with van der Waals surface area (Å²) in [5.41, 5.74) is 4.00. The van der Waals surface area contributed by atoms with E-state index < -0.39 is 6.03 Å². The number of pyridine rings is 1. The molecular weight excluding hydrogens is 715 g/mol. The average molecular weight is 764 g/mol. The molecule has 3 amide bonds. The number of nitrogens with one attached hydrogen (secondary N) is 5. The molecule has 0 atom stereocenters. The molecule has 2 heterocycles. The first-order valence-electron chi connectivity index (χ1n) is 18.3. The standard InChI is InChI=1S/C42H49N7O5S/c1-42(2,3)27-23-34(39(53-5)35(24-27)48-55-6)47-41(51)46-33-15-16-36(31-12-8-7-11-30(31)33)54-29-17-18-43-38(26-29)45-28-13-14-32(37(25-28)52-4)40(50)44-19-22-49-20-9-10-21-49/h7-8,11-18,23-26,48H,9-10,19-22H2,1-6H3,(H,43,45)(H,44,50)(H2,46,47,51). The van der Waals surface area contributed by atoms with Gasteiger partial charge in [0.25, 0.3) is 5.91 Å². The molecule has 5 N–H and O–H groups in total. The van der Waals surface area contributed by atoms with Crippen molar-refractivity contribution in [1.82, 2.24) is 15.2 Å². The molecule has 0 unspecified atom stereocenters. The van der Waals surface area contributed by atoms with E-state index in [-0.39, 0.29) is 11.3 Å². The van der Waals surface area contributed by atoms with Gasteiger partial charge in [0.2, 0.25) is 0 Å². The number of anilines is 5. The van der Waals surface area contributed by atoms with Crippen molar-refractivity contribution in [2.24, 2.45) is 0 Å². The van der Waals surface area contributed by atoms with E-state index in [0.717, 1.165) is 41.7 Å². The monoisotopic (exact) mass is 763 g/mol. The summed E-state index contributed by atoms with van der Waals surface area (Å²) in [6.45, 7) is 9.96. The first kappa shape index (κ1) is 39.0. The molecule has 55 heavy (non-hydrogen) atoms. The van der Waals surface area contributed by atoms with Gasteiger partial charge in [-0.3, -0.25) is 4.79 Å². The molecule has 0 radical (unpaired) electrons. The molecule has 13 heteroatoms. The minimum absolute atomic E-state index is 0.156. The smallest absolute Gasteiger partial charge is 0.323 e. The summed E-state index contributed by atoms with van der Waals surface area (Å²) in [7, 11) is 3.13. The lowest BCUT2D eigenvalue weighted by molar-refractivity contribution is 0.0946. The topological polar surface area (TPSA) is 138 Å². The van der Waals surface area contributed by atoms with Crippen LogP contribution >= 0.6 is 11.9 Å². The van der Waals surface area contributed by atoms with Crippen LogP contribution in [-0.4, -0.2) is 68.5 Å². The summed E-state index contributed by atoms with van der Waals surface area (Å²) in [6.07, 6.45) is 6.02. The fourth-order valence-electron chi connectivity index (χ4n) is 6.51. The molecule has 0 aliphatic carbocycles. The van der Waals surface area contributed by atoms with Gasteiger partial charge in [-0.25, -0.2) is 9.78 Å². The molecule has 0 spiro atoms. The fourth-order valence-corrected chi connectivity index (χ4v) is 6.88. The molecule has 1 saturated heterocycles. The Morgan fingerprint density at radius 1 is 0.836 bits per heavy atom. The zero-order valence-corrected chi connectivity index (χ0v) is 33.0. The number of ether oxygens (including phenoxy) is 3. The Kier molecular flexibility index (Phi) is 12.5. The van der Waals surface area contributed by atoms with Crippen molar-refractivity contribution in [3.63, 3.8) is 0 Å². The Bertz CT molecular complexity index is 2150. The normalized spacial score (nSPS) is 12.9. The predicted molar refractivity (Wildman–Crippen MR) is 224 cm³/mol. The zero-order chi connectivity index (χ0) is 39.0. The molecule has 1 aliphatic rings. The van der Waals surface area contributed by atoms with Gasteiger partial charge in [0, 0.05) is 54.1 Å². The van der Waals surface area contributed by atoms with Gasteiger partial charge in [-0.15, -0.1) is 0 Å². The minimum atomic E-state index is -0.411. The van der Waals surface area contributed by atoms with Gasteiger partial charge in [0.15, 0.2) is 5.75 Å². The van der Waals surface area contributed by atoms with Crippen LogP contribution in [0.5, 0.6) is 23.0 Å². The van der Waals surface area contributed by atoms with Crippen LogP contribution in [0.1, 0.15) is 49.5 Å². The zero-order valence-electron chi connectivity index (χ0n) is 32.2. The molecule has 5 aromatic rings. The van der Waals surface area contributed by atoms with E-state index in [0.29, 0.717) is 58.0 Å². The second kappa shape index (κ2) is 17.7. The van der Waals surface area contributed by atoms with Crippen molar-refractivity contribution >= 4 is 63.2 Å². The predicted octanol–water partition coefficient (Wildman–Crippen LogP) is 9.24. The van der Waals surface area contributed by atoms with Crippen molar-refractivity contribution in [2.45, 2.75) is 39.0 Å². The van der Waals surface area contributed by atoms with Crippen LogP contribution in [0.4, 0.5) is 33.4 Å². The number of benzene rings is 4. The Morgan fingerprint density at radius 3 is 2.31 bits per heavy atom. The lowest BCUT2D eigenvalue weighted by Gasteiger charge is -2.24. The lowest BCUT2D eigenvalue weighted by atomic mass is 9.86. The van der Waals surface area contributed by atoms with Crippen LogP contribution in [0.15, 0.2) is 85.1 Å². The number of urea groups is 1. The number of hydrogen-bond acceptors (Lipinski definition) is 10. The maximum atomic E-state index is 13.5. The highest BCUT2D eigenvalue weighted by Gasteiger charge is 2.22. The van der Waals surface area contributed by atoms with E-state index in [9.17, 15) is 9.59 Å². The number of amides is 3. The molecule has 12 nitrogen and oxygen atoms in total. The third-order valence-electron chi connectivity index (χ3n) is 9.34. The molecule has 6 rings (SSSR count). The Labute approximate surface area is 326 Å². The molecule has 4 aromatic carbocycles. The number of hydrogen-bond donors (Lipinski definition) is 5. The fraction of sp³-hybridized carbons (Fsp3) is 0.310. The van der Waals surface area contributed by atoms with E-state index in [1.54, 1.807) is 44.7 Å². The van der Waals surface area contributed by atoms with Crippen LogP contribution in [0.3, 0.4) is 0 Å². The average Bonchev–Trinajstić information content (AvgIpc) is 3.69. The van der Waals surface area contributed by atoms with E-state index in [2.05, 4.69) is 56.6 Å². The number of likely N-dealkylation sites (tertiary alicyclic amines) is 1. The number of rotatable bonds is 14. The van der Waals surface area contributed by atoms with Crippen LogP contribution in [-0.2, 0) is 5.41 Å². The number of carbonyl (C=O) groups is 2. The summed E-state index contributed by atoms with van der Waals surface area (Å²) in [5, 5.41) is 13.9. The van der Waals surface area contributed by atoms with Crippen LogP contribution in [0.25, 0.3) is 10.8 Å². The summed E-state index contributed by atoms with van der Waals surface area (Å²) < 4.78 is 21.0. The summed E-state index contributed by atoms with van der Waals surface area (Å²) in [4.78, 5) is 33.3. The molecule has 1 fully saturated rings. The molecule has 1 aromatic heterocycles. The highest BCUT2D eigenvalue weighted by atomic mass is 32.2. The Hall–Kier alpha value is -5.66. The van der Waals surface area contributed by atoms with Crippen molar-refractivity contribution in [3.8, 4) is 23.0 Å². The van der Waals surface area contributed by atoms with Crippen LogP contribution in [0, 0.1) is 0 Å². The van der Waals surface area contributed by atoms with Gasteiger partial charge in [0.05, 0.1) is 36.8 Å². The number of aromatic nitrogens is 1. The van der Waals surface area contributed by atoms with Crippen molar-refractivity contribution in [2.75, 3.05) is 67.3 Å². The Balaban J connectivity index is 1.15. The second-order valence-electron chi connectivity index (χ2n) is 14.2. The van der Waals surface area contributed by atoms with Crippen LogP contribution < -0.4 is 40.2 Å². The summed E-state index contributed by atoms with van der Waals surface area (Å²) in [5.74, 6) is 2.53. The molecule has 1 aliphatic heterocycles. The lowest BCUT2D eigenvalue weighted by Crippen LogP contribution is -2.33. The maximum absolute atomic E-state index is 13.5. The largest absolute Gasteiger partial charge is 0.496 e. The van der Waals surface area contributed by atoms with E-state index in [1.165, 1.54) is 24.8 Å². The maximum Gasteiger partial charge on any atom is 0.323 e. The number of fused-ring (bicyclic) bond motifs is 1. The minimum Gasteiger partial charge on any atom is -0.496 e. The van der Waals surface area contributed by atoms with Gasteiger partial charge in [-0.2, -0.15) is 0 Å². The van der Waals surface area contributed by atoms with Gasteiger partial charge < -0.3 is 45.1 Å². The highest BCUT2D eigenvalue weighted by molar-refractivity contribution is 7.99. The number of carbonyl (C=O) groups excluding carboxylic acids is 2. The van der Waals surface area contributed by atoms with Gasteiger partial charge in [-0.1, -0.05) is 57.0 Å². The third kappa shape index (κ3) is 9.72. The first-order valence-corrected chi connectivity index (χ1v) is 19.5. The second-order valence-corrected chi connectivity index (χ2v) is 14.8. The van der Waals surface area contributed by atoms with Crippen LogP contribution in [0.2, 0.25) is 0 Å². The molecule has 0 bridgehead atoms. The van der Waals surface area contributed by atoms with Crippen molar-refractivity contribution < 1.29 is 23.8 Å². The van der Waals surface area contributed by atoms with E-state index >= 15 is 0 Å². The molecule has 0 saturated carbocycles. The van der Waals surface area contributed by atoms with Crippen molar-refractivity contribution in [3.05, 3.63) is 96.2 Å². The van der Waals surface area contributed by atoms with Crippen molar-refractivity contribution in [1.29, 1.82) is 0 Å². The third-order valence-corrected chi connectivity index (χ3v) is 9.77. The Morgan fingerprint density at radius 2 is 1.58 bits per heavy atom. The number of nitrogens with zero attached hydrogens (tertiary/aromatic N) is 2. The SMILES string of the molecule is COc1cc(Nc2cc(Oc3ccc(NC(=O)Nc4cc(C(C)(C)C)cc(NSC)c4OC)c4ccccc34)ccn2)ccc1C(=O)NCCN1CCCC1. The summed E-state index contributed by atoms with van der Waals surface area (Å²) >= 11 is 1.45. The quantitative estimate of drug-likeness (QED) is 0.0696. The van der Waals surface area contributed by atoms with Gasteiger partial charge in [0.1, 0.15) is 23.1 Å². The van der Waals surface area contributed by atoms with Gasteiger partial charge in [-0.05, 0) is 79.4 Å². The van der Waals surface area contributed by atoms with E-state index in [4.69, 9.17) is 14.2 Å². The summed E-state index contributed by atoms with van der Waals surface area (Å²) in [6, 6.07) is 23.8. The molecular formula is C42H49N7O5S. The molecule has 288 valence electrons. The first-order chi connectivity index (χ1) is 26.6. The highest BCUT2D eigenvalue weighted by Crippen LogP contribution is 2.40. The van der Waals surface area contributed by atoms with Gasteiger partial charge >= 0.3 is 6.03 Å². The number of methoxy groups -OCH3 is 2. The van der Waals surface area contributed by atoms with E-state index in [1.807, 2.05) is 60.9 Å².